The Balaban J connectivity index is 0.00000128. The van der Waals surface area contributed by atoms with E-state index in [0.717, 1.165) is 31.6 Å². The van der Waals surface area contributed by atoms with Crippen LogP contribution in [0.1, 0.15) is 24.4 Å². The van der Waals surface area contributed by atoms with Gasteiger partial charge >= 0.3 is 0 Å². The van der Waals surface area contributed by atoms with Crippen LogP contribution in [0.3, 0.4) is 0 Å². The van der Waals surface area contributed by atoms with Crippen molar-refractivity contribution >= 4 is 12.4 Å². The first-order valence-corrected chi connectivity index (χ1v) is 5.36. The summed E-state index contributed by atoms with van der Waals surface area (Å²) < 4.78 is 18.3. The molecule has 16 heavy (non-hydrogen) atoms. The fraction of sp³-hybridized carbons (Fsp3) is 0.500. The van der Waals surface area contributed by atoms with Gasteiger partial charge in [0.05, 0.1) is 0 Å². The van der Waals surface area contributed by atoms with Gasteiger partial charge in [-0.2, -0.15) is 0 Å². The zero-order valence-electron chi connectivity index (χ0n) is 9.06. The maximum Gasteiger partial charge on any atom is 0.123 e. The van der Waals surface area contributed by atoms with Crippen LogP contribution in [0, 0.1) is 11.7 Å². The summed E-state index contributed by atoms with van der Waals surface area (Å²) in [5.74, 6) is 0.204. The van der Waals surface area contributed by atoms with Crippen LogP contribution in [-0.2, 0) is 4.74 Å². The Hall–Kier alpha value is -0.640. The standard InChI is InChI=1S/C12H16FNO.ClH/c13-11-3-1-2-10(8-11)12(14)9-4-6-15-7-5-9;/h1-3,8-9,12H,4-7,14H2;1H. The van der Waals surface area contributed by atoms with Crippen LogP contribution in [-0.4, -0.2) is 13.2 Å². The highest BCUT2D eigenvalue weighted by Crippen LogP contribution is 2.28. The first kappa shape index (κ1) is 13.4. The van der Waals surface area contributed by atoms with Crippen molar-refractivity contribution in [2.24, 2.45) is 11.7 Å². The van der Waals surface area contributed by atoms with Gasteiger partial charge in [0.2, 0.25) is 0 Å². The Kier molecular flexibility index (Phi) is 5.19. The molecule has 2 rings (SSSR count). The van der Waals surface area contributed by atoms with Gasteiger partial charge in [-0.1, -0.05) is 12.1 Å². The second kappa shape index (κ2) is 6.18. The lowest BCUT2D eigenvalue weighted by Gasteiger charge is -2.27. The van der Waals surface area contributed by atoms with Crippen molar-refractivity contribution in [2.75, 3.05) is 13.2 Å². The Labute approximate surface area is 101 Å². The highest BCUT2D eigenvalue weighted by atomic mass is 35.5. The number of hydrogen-bond acceptors (Lipinski definition) is 2. The van der Waals surface area contributed by atoms with Gasteiger partial charge < -0.3 is 10.5 Å². The molecule has 1 aliphatic rings. The molecule has 1 fully saturated rings. The van der Waals surface area contributed by atoms with Crippen LogP contribution >= 0.6 is 12.4 Å². The predicted octanol–water partition coefficient (Wildman–Crippen LogP) is 2.67. The molecule has 1 aromatic rings. The molecule has 1 unspecified atom stereocenters. The molecule has 0 radical (unpaired) electrons. The minimum Gasteiger partial charge on any atom is -0.381 e. The summed E-state index contributed by atoms with van der Waals surface area (Å²) in [6, 6.07) is 6.51. The molecular weight excluding hydrogens is 229 g/mol. The van der Waals surface area contributed by atoms with Gasteiger partial charge in [-0.05, 0) is 36.5 Å². The molecule has 1 aromatic carbocycles. The lowest BCUT2D eigenvalue weighted by atomic mass is 9.88. The molecule has 1 atom stereocenters. The Bertz CT molecular complexity index is 329. The van der Waals surface area contributed by atoms with E-state index >= 15 is 0 Å². The highest BCUT2D eigenvalue weighted by molar-refractivity contribution is 5.85. The van der Waals surface area contributed by atoms with Gasteiger partial charge in [-0.25, -0.2) is 4.39 Å². The van der Waals surface area contributed by atoms with Crippen molar-refractivity contribution < 1.29 is 9.13 Å². The molecule has 2 N–H and O–H groups in total. The van der Waals surface area contributed by atoms with E-state index < -0.39 is 0 Å². The van der Waals surface area contributed by atoms with Crippen molar-refractivity contribution in [3.8, 4) is 0 Å². The highest BCUT2D eigenvalue weighted by Gasteiger charge is 2.22. The van der Waals surface area contributed by atoms with Crippen LogP contribution in [0.15, 0.2) is 24.3 Å². The van der Waals surface area contributed by atoms with Crippen molar-refractivity contribution in [1.29, 1.82) is 0 Å². The summed E-state index contributed by atoms with van der Waals surface area (Å²) in [6.07, 6.45) is 1.94. The third kappa shape index (κ3) is 3.17. The summed E-state index contributed by atoms with van der Waals surface area (Å²) in [4.78, 5) is 0. The monoisotopic (exact) mass is 245 g/mol. The number of ether oxygens (including phenoxy) is 1. The topological polar surface area (TPSA) is 35.2 Å². The van der Waals surface area contributed by atoms with E-state index in [1.165, 1.54) is 12.1 Å². The van der Waals surface area contributed by atoms with E-state index in [1.54, 1.807) is 6.07 Å². The maximum absolute atomic E-state index is 13.0. The number of halogens is 2. The third-order valence-corrected chi connectivity index (χ3v) is 3.01. The molecule has 0 aromatic heterocycles. The van der Waals surface area contributed by atoms with E-state index in [9.17, 15) is 4.39 Å². The molecule has 0 aliphatic carbocycles. The van der Waals surface area contributed by atoms with Crippen molar-refractivity contribution in [3.63, 3.8) is 0 Å². The van der Waals surface area contributed by atoms with E-state index in [4.69, 9.17) is 10.5 Å². The van der Waals surface area contributed by atoms with E-state index in [1.807, 2.05) is 6.07 Å². The molecule has 0 amide bonds. The van der Waals surface area contributed by atoms with E-state index in [0.29, 0.717) is 5.92 Å². The molecule has 4 heteroatoms. The van der Waals surface area contributed by atoms with Crippen LogP contribution in [0.25, 0.3) is 0 Å². The molecule has 90 valence electrons. The summed E-state index contributed by atoms with van der Waals surface area (Å²) in [5.41, 5.74) is 7.01. The second-order valence-corrected chi connectivity index (χ2v) is 4.03. The molecular formula is C12H17ClFNO. The van der Waals surface area contributed by atoms with Gasteiger partial charge in [-0.15, -0.1) is 12.4 Å². The van der Waals surface area contributed by atoms with Crippen molar-refractivity contribution in [3.05, 3.63) is 35.6 Å². The largest absolute Gasteiger partial charge is 0.381 e. The fourth-order valence-corrected chi connectivity index (χ4v) is 2.06. The summed E-state index contributed by atoms with van der Waals surface area (Å²) in [6.45, 7) is 1.54. The number of benzene rings is 1. The normalized spacial score (nSPS) is 18.9. The molecule has 0 spiro atoms. The fourth-order valence-electron chi connectivity index (χ4n) is 2.06. The molecule has 0 saturated carbocycles. The minimum absolute atomic E-state index is 0. The van der Waals surface area contributed by atoms with E-state index in [-0.39, 0.29) is 24.3 Å². The van der Waals surface area contributed by atoms with Gasteiger partial charge in [-0.3, -0.25) is 0 Å². The SMILES string of the molecule is Cl.NC(c1cccc(F)c1)C1CCOCC1. The van der Waals surface area contributed by atoms with Gasteiger partial charge in [0.15, 0.2) is 0 Å². The van der Waals surface area contributed by atoms with Crippen molar-refractivity contribution in [1.82, 2.24) is 0 Å². The summed E-state index contributed by atoms with van der Waals surface area (Å²) in [7, 11) is 0. The quantitative estimate of drug-likeness (QED) is 0.870. The van der Waals surface area contributed by atoms with Crippen LogP contribution < -0.4 is 5.73 Å². The summed E-state index contributed by atoms with van der Waals surface area (Å²) in [5, 5.41) is 0. The molecule has 1 saturated heterocycles. The molecule has 1 heterocycles. The first-order chi connectivity index (χ1) is 7.27. The third-order valence-electron chi connectivity index (χ3n) is 3.01. The number of hydrogen-bond donors (Lipinski definition) is 1. The zero-order valence-corrected chi connectivity index (χ0v) is 9.88. The smallest absolute Gasteiger partial charge is 0.123 e. The molecule has 2 nitrogen and oxygen atoms in total. The molecule has 0 bridgehead atoms. The van der Waals surface area contributed by atoms with Gasteiger partial charge in [0.25, 0.3) is 0 Å². The average Bonchev–Trinajstić information content (AvgIpc) is 2.29. The predicted molar refractivity (Wildman–Crippen MR) is 64.1 cm³/mol. The first-order valence-electron chi connectivity index (χ1n) is 5.36. The Morgan fingerprint density at radius 1 is 1.31 bits per heavy atom. The van der Waals surface area contributed by atoms with Crippen LogP contribution in [0.5, 0.6) is 0 Å². The van der Waals surface area contributed by atoms with E-state index in [2.05, 4.69) is 0 Å². The average molecular weight is 246 g/mol. The maximum atomic E-state index is 13.0. The molecule has 1 aliphatic heterocycles. The Morgan fingerprint density at radius 2 is 2.00 bits per heavy atom. The summed E-state index contributed by atoms with van der Waals surface area (Å²) >= 11 is 0. The van der Waals surface area contributed by atoms with Crippen molar-refractivity contribution in [2.45, 2.75) is 18.9 Å². The minimum atomic E-state index is -0.213. The lowest BCUT2D eigenvalue weighted by Crippen LogP contribution is -2.27. The van der Waals surface area contributed by atoms with Gasteiger partial charge in [0, 0.05) is 19.3 Å². The number of rotatable bonds is 2. The lowest BCUT2D eigenvalue weighted by molar-refractivity contribution is 0.0583. The van der Waals surface area contributed by atoms with Crippen LogP contribution in [0.2, 0.25) is 0 Å². The Morgan fingerprint density at radius 3 is 2.62 bits per heavy atom. The van der Waals surface area contributed by atoms with Crippen LogP contribution in [0.4, 0.5) is 4.39 Å². The zero-order chi connectivity index (χ0) is 10.7. The second-order valence-electron chi connectivity index (χ2n) is 4.03. The number of nitrogens with two attached hydrogens (primary N) is 1. The van der Waals surface area contributed by atoms with Gasteiger partial charge in [0.1, 0.15) is 5.82 Å².